The van der Waals surface area contributed by atoms with Crippen LogP contribution in [0.3, 0.4) is 0 Å². The van der Waals surface area contributed by atoms with Gasteiger partial charge in [-0.3, -0.25) is 0 Å². The van der Waals surface area contributed by atoms with E-state index in [4.69, 9.17) is 10.5 Å². The molecule has 0 aliphatic carbocycles. The van der Waals surface area contributed by atoms with Crippen LogP contribution in [0.2, 0.25) is 0 Å². The van der Waals surface area contributed by atoms with Crippen molar-refractivity contribution >= 4 is 6.09 Å². The highest BCUT2D eigenvalue weighted by Gasteiger charge is 2.36. The van der Waals surface area contributed by atoms with Gasteiger partial charge in [0.25, 0.3) is 0 Å². The fourth-order valence-electron chi connectivity index (χ4n) is 2.01. The highest BCUT2D eigenvalue weighted by molar-refractivity contribution is 5.69. The van der Waals surface area contributed by atoms with Crippen LogP contribution in [0.15, 0.2) is 0 Å². The van der Waals surface area contributed by atoms with Crippen LogP contribution in [-0.2, 0) is 4.74 Å². The molecule has 4 heteroatoms. The smallest absolute Gasteiger partial charge is 0.410 e. The van der Waals surface area contributed by atoms with Gasteiger partial charge in [-0.2, -0.15) is 0 Å². The lowest BCUT2D eigenvalue weighted by Crippen LogP contribution is -2.56. The molecule has 0 spiro atoms. The summed E-state index contributed by atoms with van der Waals surface area (Å²) in [5.74, 6) is 0. The van der Waals surface area contributed by atoms with E-state index in [1.54, 1.807) is 4.90 Å². The third-order valence-electron chi connectivity index (χ3n) is 3.20. The molecule has 0 saturated heterocycles. The van der Waals surface area contributed by atoms with Crippen molar-refractivity contribution in [3.63, 3.8) is 0 Å². The summed E-state index contributed by atoms with van der Waals surface area (Å²) in [5, 5.41) is 0. The maximum atomic E-state index is 12.2. The second kappa shape index (κ2) is 6.24. The lowest BCUT2D eigenvalue weighted by Gasteiger charge is -2.42. The summed E-state index contributed by atoms with van der Waals surface area (Å²) in [5.41, 5.74) is 5.11. The summed E-state index contributed by atoms with van der Waals surface area (Å²) in [7, 11) is 0. The molecule has 0 fully saturated rings. The van der Waals surface area contributed by atoms with Crippen LogP contribution in [0.1, 0.15) is 54.4 Å². The predicted molar refractivity (Wildman–Crippen MR) is 71.0 cm³/mol. The molecule has 0 aliphatic heterocycles. The van der Waals surface area contributed by atoms with Gasteiger partial charge in [-0.1, -0.05) is 13.8 Å². The van der Waals surface area contributed by atoms with Crippen LogP contribution >= 0.6 is 0 Å². The number of rotatable bonds is 5. The molecular formula is C13H28N2O2. The topological polar surface area (TPSA) is 55.6 Å². The van der Waals surface area contributed by atoms with Crippen molar-refractivity contribution in [1.82, 2.24) is 4.90 Å². The van der Waals surface area contributed by atoms with Crippen molar-refractivity contribution < 1.29 is 9.53 Å². The molecule has 0 aromatic rings. The van der Waals surface area contributed by atoms with Gasteiger partial charge in [0.1, 0.15) is 5.60 Å². The number of amides is 1. The largest absolute Gasteiger partial charge is 0.444 e. The minimum atomic E-state index is -0.466. The molecule has 0 aliphatic rings. The average molecular weight is 244 g/mol. The zero-order chi connectivity index (χ0) is 13.7. The first-order valence-electron chi connectivity index (χ1n) is 6.47. The van der Waals surface area contributed by atoms with E-state index in [1.807, 2.05) is 27.7 Å². The molecule has 0 aromatic heterocycles. The van der Waals surface area contributed by atoms with E-state index in [9.17, 15) is 4.79 Å². The summed E-state index contributed by atoms with van der Waals surface area (Å²) in [6.07, 6.45) is 1.41. The quantitative estimate of drug-likeness (QED) is 0.809. The monoisotopic (exact) mass is 244 g/mol. The Kier molecular flexibility index (Phi) is 5.96. The summed E-state index contributed by atoms with van der Waals surface area (Å²) >= 11 is 0. The fourth-order valence-corrected chi connectivity index (χ4v) is 2.01. The van der Waals surface area contributed by atoms with Crippen LogP contribution in [-0.4, -0.2) is 35.2 Å². The van der Waals surface area contributed by atoms with Crippen molar-refractivity contribution in [2.45, 2.75) is 65.5 Å². The van der Waals surface area contributed by atoms with Gasteiger partial charge in [-0.05, 0) is 40.5 Å². The van der Waals surface area contributed by atoms with E-state index in [-0.39, 0.29) is 11.6 Å². The van der Waals surface area contributed by atoms with Crippen LogP contribution < -0.4 is 5.73 Å². The maximum Gasteiger partial charge on any atom is 0.410 e. The van der Waals surface area contributed by atoms with Crippen molar-refractivity contribution in [3.8, 4) is 0 Å². The van der Waals surface area contributed by atoms with Crippen LogP contribution in [0.4, 0.5) is 4.79 Å². The van der Waals surface area contributed by atoms with E-state index in [2.05, 4.69) is 13.8 Å². The Morgan fingerprint density at radius 2 is 1.65 bits per heavy atom. The lowest BCUT2D eigenvalue weighted by molar-refractivity contribution is -0.00259. The average Bonchev–Trinajstić information content (AvgIpc) is 2.23. The van der Waals surface area contributed by atoms with E-state index >= 15 is 0 Å². The Morgan fingerprint density at radius 1 is 1.18 bits per heavy atom. The SMILES string of the molecule is CCN(C(=O)OC(C)(C)C)C(CC)(CC)CN. The molecular weight excluding hydrogens is 216 g/mol. The van der Waals surface area contributed by atoms with Crippen LogP contribution in [0, 0.1) is 0 Å². The van der Waals surface area contributed by atoms with Gasteiger partial charge in [0.2, 0.25) is 0 Å². The Balaban J connectivity index is 4.98. The van der Waals surface area contributed by atoms with Crippen molar-refractivity contribution in [3.05, 3.63) is 0 Å². The maximum absolute atomic E-state index is 12.2. The number of hydrogen-bond acceptors (Lipinski definition) is 3. The molecule has 0 rings (SSSR count). The summed E-state index contributed by atoms with van der Waals surface area (Å²) in [4.78, 5) is 13.9. The molecule has 0 radical (unpaired) electrons. The van der Waals surface area contributed by atoms with Crippen molar-refractivity contribution in [1.29, 1.82) is 0 Å². The van der Waals surface area contributed by atoms with E-state index in [0.717, 1.165) is 12.8 Å². The van der Waals surface area contributed by atoms with Gasteiger partial charge < -0.3 is 15.4 Å². The minimum absolute atomic E-state index is 0.269. The van der Waals surface area contributed by atoms with Gasteiger partial charge in [0.05, 0.1) is 5.54 Å². The molecule has 0 saturated carbocycles. The van der Waals surface area contributed by atoms with Gasteiger partial charge in [-0.15, -0.1) is 0 Å². The fraction of sp³-hybridized carbons (Fsp3) is 0.923. The molecule has 0 unspecified atom stereocenters. The number of likely N-dealkylation sites (N-methyl/N-ethyl adjacent to an activating group) is 1. The van der Waals surface area contributed by atoms with Crippen molar-refractivity contribution in [2.24, 2.45) is 5.73 Å². The minimum Gasteiger partial charge on any atom is -0.444 e. The number of carbonyl (C=O) groups excluding carboxylic acids is 1. The molecule has 0 heterocycles. The van der Waals surface area contributed by atoms with E-state index in [1.165, 1.54) is 0 Å². The van der Waals surface area contributed by atoms with Gasteiger partial charge in [0, 0.05) is 13.1 Å². The Morgan fingerprint density at radius 3 is 1.88 bits per heavy atom. The molecule has 0 atom stereocenters. The molecule has 17 heavy (non-hydrogen) atoms. The summed E-state index contributed by atoms with van der Waals surface area (Å²) in [6, 6.07) is 0. The first-order valence-corrected chi connectivity index (χ1v) is 6.47. The second-order valence-corrected chi connectivity index (χ2v) is 5.36. The number of hydrogen-bond donors (Lipinski definition) is 1. The first kappa shape index (κ1) is 16.2. The predicted octanol–water partition coefficient (Wildman–Crippen LogP) is 2.76. The number of nitrogens with two attached hydrogens (primary N) is 1. The molecule has 0 aromatic carbocycles. The zero-order valence-electron chi connectivity index (χ0n) is 12.2. The molecule has 0 bridgehead atoms. The third kappa shape index (κ3) is 4.19. The van der Waals surface area contributed by atoms with Gasteiger partial charge in [-0.25, -0.2) is 4.79 Å². The van der Waals surface area contributed by atoms with Crippen LogP contribution in [0.25, 0.3) is 0 Å². The standard InChI is InChI=1S/C13H28N2O2/c1-7-13(8-2,10-14)15(9-3)11(16)17-12(4,5)6/h7-10,14H2,1-6H3. The van der Waals surface area contributed by atoms with Gasteiger partial charge in [0.15, 0.2) is 0 Å². The molecule has 2 N–H and O–H groups in total. The number of ether oxygens (including phenoxy) is 1. The summed E-state index contributed by atoms with van der Waals surface area (Å²) in [6.45, 7) is 12.8. The lowest BCUT2D eigenvalue weighted by atomic mass is 9.91. The Hall–Kier alpha value is -0.770. The highest BCUT2D eigenvalue weighted by Crippen LogP contribution is 2.25. The summed E-state index contributed by atoms with van der Waals surface area (Å²) < 4.78 is 5.43. The second-order valence-electron chi connectivity index (χ2n) is 5.36. The van der Waals surface area contributed by atoms with Crippen LogP contribution in [0.5, 0.6) is 0 Å². The number of nitrogens with zero attached hydrogens (tertiary/aromatic N) is 1. The third-order valence-corrected chi connectivity index (χ3v) is 3.20. The van der Waals surface area contributed by atoms with Gasteiger partial charge >= 0.3 is 6.09 Å². The molecule has 4 nitrogen and oxygen atoms in total. The Labute approximate surface area is 105 Å². The first-order chi connectivity index (χ1) is 7.76. The van der Waals surface area contributed by atoms with E-state index in [0.29, 0.717) is 13.1 Å². The van der Waals surface area contributed by atoms with Crippen molar-refractivity contribution in [2.75, 3.05) is 13.1 Å². The highest BCUT2D eigenvalue weighted by atomic mass is 16.6. The normalized spacial score (nSPS) is 12.4. The molecule has 1 amide bonds. The Bertz CT molecular complexity index is 234. The van der Waals surface area contributed by atoms with E-state index < -0.39 is 5.60 Å². The molecule has 102 valence electrons. The zero-order valence-corrected chi connectivity index (χ0v) is 12.2. The number of carbonyl (C=O) groups is 1.